The highest BCUT2D eigenvalue weighted by Gasteiger charge is 2.29. The number of carbonyl (C=O) groups is 5. The standard InChI is InChI=1S/C18H24N4O8/c1-9(19)16(28)21-13(7-14(24)25)18(30)22-12(17(29)20-8-15(26)27)6-10-2-4-11(23)5-3-10/h2-5,9,12-13,23H,6-8,19H2,1H3,(H,20,29)(H,21,28)(H,22,30)(H,24,25)(H,26,27). The van der Waals surface area contributed by atoms with E-state index in [2.05, 4.69) is 16.0 Å². The van der Waals surface area contributed by atoms with E-state index in [1.54, 1.807) is 0 Å². The summed E-state index contributed by atoms with van der Waals surface area (Å²) >= 11 is 0. The lowest BCUT2D eigenvalue weighted by molar-refractivity contribution is -0.141. The molecular formula is C18H24N4O8. The Morgan fingerprint density at radius 3 is 1.97 bits per heavy atom. The van der Waals surface area contributed by atoms with Crippen LogP contribution in [0, 0.1) is 0 Å². The van der Waals surface area contributed by atoms with Gasteiger partial charge < -0.3 is 37.0 Å². The highest BCUT2D eigenvalue weighted by atomic mass is 16.4. The first-order valence-electron chi connectivity index (χ1n) is 8.85. The van der Waals surface area contributed by atoms with Crippen LogP contribution in [0.3, 0.4) is 0 Å². The van der Waals surface area contributed by atoms with Crippen molar-refractivity contribution in [3.63, 3.8) is 0 Å². The van der Waals surface area contributed by atoms with Crippen LogP contribution in [0.4, 0.5) is 0 Å². The number of amides is 3. The second kappa shape index (κ2) is 11.4. The molecule has 3 unspecified atom stereocenters. The number of rotatable bonds is 11. The average molecular weight is 424 g/mol. The molecule has 0 bridgehead atoms. The highest BCUT2D eigenvalue weighted by molar-refractivity contribution is 5.95. The summed E-state index contributed by atoms with van der Waals surface area (Å²) in [6.07, 6.45) is -0.842. The van der Waals surface area contributed by atoms with E-state index >= 15 is 0 Å². The SMILES string of the molecule is CC(N)C(=O)NC(CC(=O)O)C(=O)NC(Cc1ccc(O)cc1)C(=O)NCC(=O)O. The Morgan fingerprint density at radius 1 is 0.900 bits per heavy atom. The minimum absolute atomic E-state index is 0.0187. The van der Waals surface area contributed by atoms with Crippen molar-refractivity contribution >= 4 is 29.7 Å². The van der Waals surface area contributed by atoms with Gasteiger partial charge in [0, 0.05) is 6.42 Å². The predicted molar refractivity (Wildman–Crippen MR) is 102 cm³/mol. The van der Waals surface area contributed by atoms with Gasteiger partial charge in [0.05, 0.1) is 12.5 Å². The zero-order valence-corrected chi connectivity index (χ0v) is 16.1. The fourth-order valence-electron chi connectivity index (χ4n) is 2.32. The molecule has 0 spiro atoms. The van der Waals surface area contributed by atoms with E-state index in [0.29, 0.717) is 5.56 Å². The number of aromatic hydroxyl groups is 1. The van der Waals surface area contributed by atoms with Crippen LogP contribution in [0.2, 0.25) is 0 Å². The number of benzene rings is 1. The van der Waals surface area contributed by atoms with Gasteiger partial charge in [-0.3, -0.25) is 24.0 Å². The second-order valence-corrected chi connectivity index (χ2v) is 6.49. The number of hydrogen-bond acceptors (Lipinski definition) is 7. The normalized spacial score (nSPS) is 13.4. The molecule has 0 heterocycles. The Labute approximate surface area is 171 Å². The topological polar surface area (TPSA) is 208 Å². The number of nitrogens with one attached hydrogen (secondary N) is 3. The summed E-state index contributed by atoms with van der Waals surface area (Å²) < 4.78 is 0. The van der Waals surface area contributed by atoms with Gasteiger partial charge in [-0.1, -0.05) is 12.1 Å². The molecule has 12 nitrogen and oxygen atoms in total. The number of carboxylic acids is 2. The Hall–Kier alpha value is -3.67. The number of phenolic OH excluding ortho intramolecular Hbond substituents is 1. The maximum Gasteiger partial charge on any atom is 0.322 e. The molecular weight excluding hydrogens is 400 g/mol. The van der Waals surface area contributed by atoms with Crippen molar-refractivity contribution in [2.45, 2.75) is 37.9 Å². The van der Waals surface area contributed by atoms with Gasteiger partial charge >= 0.3 is 11.9 Å². The number of carbonyl (C=O) groups excluding carboxylic acids is 3. The molecule has 1 aromatic carbocycles. The Morgan fingerprint density at radius 2 is 1.47 bits per heavy atom. The summed E-state index contributed by atoms with van der Waals surface area (Å²) in [4.78, 5) is 58.5. The molecule has 1 aromatic rings. The quantitative estimate of drug-likeness (QED) is 0.208. The molecule has 0 aromatic heterocycles. The lowest BCUT2D eigenvalue weighted by Crippen LogP contribution is -2.56. The van der Waals surface area contributed by atoms with Crippen molar-refractivity contribution in [1.29, 1.82) is 0 Å². The first-order chi connectivity index (χ1) is 14.0. The summed E-state index contributed by atoms with van der Waals surface area (Å²) in [6.45, 7) is 0.652. The molecule has 164 valence electrons. The number of hydrogen-bond donors (Lipinski definition) is 7. The van der Waals surface area contributed by atoms with Crippen LogP contribution in [0.25, 0.3) is 0 Å². The van der Waals surface area contributed by atoms with E-state index in [-0.39, 0.29) is 12.2 Å². The number of nitrogens with two attached hydrogens (primary N) is 1. The van der Waals surface area contributed by atoms with E-state index in [1.807, 2.05) is 0 Å². The number of aliphatic carboxylic acids is 2. The minimum atomic E-state index is -1.50. The van der Waals surface area contributed by atoms with Crippen molar-refractivity contribution < 1.29 is 39.3 Å². The predicted octanol–water partition coefficient (Wildman–Crippen LogP) is -2.07. The molecule has 0 saturated carbocycles. The first kappa shape index (κ1) is 24.4. The lowest BCUT2D eigenvalue weighted by Gasteiger charge is -2.23. The fraction of sp³-hybridized carbons (Fsp3) is 0.389. The van der Waals surface area contributed by atoms with Crippen LogP contribution in [0.1, 0.15) is 18.9 Å². The van der Waals surface area contributed by atoms with E-state index in [0.717, 1.165) is 0 Å². The van der Waals surface area contributed by atoms with Gasteiger partial charge in [-0.05, 0) is 24.6 Å². The Bertz CT molecular complexity index is 794. The Balaban J connectivity index is 3.01. The first-order valence-corrected chi connectivity index (χ1v) is 8.85. The zero-order valence-electron chi connectivity index (χ0n) is 16.1. The molecule has 3 amide bonds. The molecule has 0 saturated heterocycles. The molecule has 0 aliphatic heterocycles. The van der Waals surface area contributed by atoms with Crippen LogP contribution in [0.5, 0.6) is 5.75 Å². The van der Waals surface area contributed by atoms with Gasteiger partial charge in [0.25, 0.3) is 0 Å². The number of carboxylic acid groups (broad SMARTS) is 2. The molecule has 0 fully saturated rings. The summed E-state index contributed by atoms with van der Waals surface area (Å²) in [5, 5.41) is 33.7. The summed E-state index contributed by atoms with van der Waals surface area (Å²) in [5.41, 5.74) is 5.94. The molecule has 0 aliphatic carbocycles. The zero-order chi connectivity index (χ0) is 22.8. The van der Waals surface area contributed by atoms with Crippen molar-refractivity contribution in [2.75, 3.05) is 6.54 Å². The van der Waals surface area contributed by atoms with Gasteiger partial charge in [0.15, 0.2) is 0 Å². The molecule has 1 rings (SSSR count). The molecule has 3 atom stereocenters. The monoisotopic (exact) mass is 424 g/mol. The van der Waals surface area contributed by atoms with Crippen LogP contribution < -0.4 is 21.7 Å². The molecule has 0 aliphatic rings. The minimum Gasteiger partial charge on any atom is -0.508 e. The highest BCUT2D eigenvalue weighted by Crippen LogP contribution is 2.12. The van der Waals surface area contributed by atoms with Crippen LogP contribution in [-0.2, 0) is 30.4 Å². The summed E-state index contributed by atoms with van der Waals surface area (Å²) in [5.74, 6) is -5.24. The summed E-state index contributed by atoms with van der Waals surface area (Å²) in [7, 11) is 0. The lowest BCUT2D eigenvalue weighted by atomic mass is 10.0. The molecule has 30 heavy (non-hydrogen) atoms. The third-order valence-electron chi connectivity index (χ3n) is 3.85. The van der Waals surface area contributed by atoms with E-state index < -0.39 is 60.8 Å². The largest absolute Gasteiger partial charge is 0.508 e. The molecule has 0 radical (unpaired) electrons. The van der Waals surface area contributed by atoms with Crippen LogP contribution >= 0.6 is 0 Å². The van der Waals surface area contributed by atoms with Crippen molar-refractivity contribution in [3.05, 3.63) is 29.8 Å². The van der Waals surface area contributed by atoms with Gasteiger partial charge in [-0.25, -0.2) is 0 Å². The maximum atomic E-state index is 12.6. The van der Waals surface area contributed by atoms with Gasteiger partial charge in [0.2, 0.25) is 17.7 Å². The van der Waals surface area contributed by atoms with Crippen molar-refractivity contribution in [3.8, 4) is 5.75 Å². The van der Waals surface area contributed by atoms with Crippen molar-refractivity contribution in [1.82, 2.24) is 16.0 Å². The van der Waals surface area contributed by atoms with Gasteiger partial charge in [-0.2, -0.15) is 0 Å². The van der Waals surface area contributed by atoms with Gasteiger partial charge in [-0.15, -0.1) is 0 Å². The average Bonchev–Trinajstić information content (AvgIpc) is 2.66. The number of phenols is 1. The smallest absolute Gasteiger partial charge is 0.322 e. The third-order valence-corrected chi connectivity index (χ3v) is 3.85. The summed E-state index contributed by atoms with van der Waals surface area (Å²) in [6, 6.07) is 1.93. The van der Waals surface area contributed by atoms with Gasteiger partial charge in [0.1, 0.15) is 24.4 Å². The van der Waals surface area contributed by atoms with Crippen LogP contribution in [-0.4, -0.2) is 69.7 Å². The molecule has 8 N–H and O–H groups in total. The van der Waals surface area contributed by atoms with E-state index in [1.165, 1.54) is 31.2 Å². The third kappa shape index (κ3) is 8.56. The van der Waals surface area contributed by atoms with Crippen LogP contribution in [0.15, 0.2) is 24.3 Å². The fourth-order valence-corrected chi connectivity index (χ4v) is 2.32. The molecule has 12 heteroatoms. The second-order valence-electron chi connectivity index (χ2n) is 6.49. The van der Waals surface area contributed by atoms with E-state index in [4.69, 9.17) is 15.9 Å². The van der Waals surface area contributed by atoms with E-state index in [9.17, 15) is 29.1 Å². The Kier molecular flexibility index (Phi) is 9.23. The van der Waals surface area contributed by atoms with Crippen molar-refractivity contribution in [2.24, 2.45) is 5.73 Å². The maximum absolute atomic E-state index is 12.6.